The van der Waals surface area contributed by atoms with Gasteiger partial charge >= 0.3 is 0 Å². The molecule has 4 rings (SSSR count). The first kappa shape index (κ1) is 24.1. The highest BCUT2D eigenvalue weighted by molar-refractivity contribution is 5.98. The summed E-state index contributed by atoms with van der Waals surface area (Å²) in [5.41, 5.74) is 10.5. The molecule has 0 aliphatic heterocycles. The number of nitrogens with one attached hydrogen (secondary N) is 1. The molecule has 0 aliphatic carbocycles. The minimum absolute atomic E-state index is 0.114. The van der Waals surface area contributed by atoms with E-state index in [4.69, 9.17) is 10.8 Å². The summed E-state index contributed by atoms with van der Waals surface area (Å²) in [5.74, 6) is -0.0130. The number of nitrogens with zero attached hydrogens (tertiary/aromatic N) is 5. The summed E-state index contributed by atoms with van der Waals surface area (Å²) in [6.45, 7) is 10.6. The Kier molecular flexibility index (Phi) is 6.43. The Hall–Kier alpha value is -4.01. The molecule has 0 unspecified atom stereocenters. The third kappa shape index (κ3) is 5.08. The van der Waals surface area contributed by atoms with Gasteiger partial charge in [-0.15, -0.1) is 0 Å². The van der Waals surface area contributed by atoms with Crippen molar-refractivity contribution in [2.45, 2.75) is 59.4 Å². The maximum absolute atomic E-state index is 13.0. The van der Waals surface area contributed by atoms with Crippen LogP contribution in [0.15, 0.2) is 42.6 Å². The van der Waals surface area contributed by atoms with Gasteiger partial charge in [0.1, 0.15) is 11.4 Å². The van der Waals surface area contributed by atoms with Crippen molar-refractivity contribution in [1.82, 2.24) is 24.4 Å². The van der Waals surface area contributed by atoms with Crippen molar-refractivity contribution in [3.05, 3.63) is 76.4 Å². The minimum Gasteiger partial charge on any atom is -0.365 e. The summed E-state index contributed by atoms with van der Waals surface area (Å²) < 4.78 is 3.44. The Morgan fingerprint density at radius 3 is 2.49 bits per heavy atom. The number of rotatable bonds is 7. The highest BCUT2D eigenvalue weighted by Crippen LogP contribution is 2.25. The van der Waals surface area contributed by atoms with Crippen LogP contribution in [0.2, 0.25) is 0 Å². The molecule has 2 amide bonds. The minimum atomic E-state index is -0.569. The van der Waals surface area contributed by atoms with Gasteiger partial charge in [0.05, 0.1) is 18.4 Å². The number of carbonyl (C=O) groups is 2. The fourth-order valence-corrected chi connectivity index (χ4v) is 4.05. The van der Waals surface area contributed by atoms with E-state index in [2.05, 4.69) is 36.2 Å². The van der Waals surface area contributed by atoms with E-state index in [0.29, 0.717) is 24.4 Å². The third-order valence-corrected chi connectivity index (χ3v) is 6.07. The van der Waals surface area contributed by atoms with Gasteiger partial charge in [-0.2, -0.15) is 10.2 Å². The monoisotopic (exact) mass is 473 g/mol. The molecule has 3 aromatic heterocycles. The number of primary amides is 1. The number of amides is 2. The number of benzene rings is 1. The molecule has 0 saturated carbocycles. The van der Waals surface area contributed by atoms with Crippen molar-refractivity contribution >= 4 is 23.3 Å². The van der Waals surface area contributed by atoms with Gasteiger partial charge in [-0.05, 0) is 31.4 Å². The first-order valence-electron chi connectivity index (χ1n) is 11.6. The second-order valence-electron chi connectivity index (χ2n) is 9.78. The second-order valence-corrected chi connectivity index (χ2v) is 9.78. The molecule has 0 spiro atoms. The topological polar surface area (TPSA) is 120 Å². The molecule has 0 fully saturated rings. The summed E-state index contributed by atoms with van der Waals surface area (Å²) in [4.78, 5) is 29.1. The lowest BCUT2D eigenvalue weighted by Gasteiger charge is -2.14. The first-order chi connectivity index (χ1) is 16.5. The normalized spacial score (nSPS) is 11.7. The van der Waals surface area contributed by atoms with E-state index < -0.39 is 5.91 Å². The average molecular weight is 474 g/mol. The van der Waals surface area contributed by atoms with Gasteiger partial charge in [0.2, 0.25) is 5.91 Å². The zero-order chi connectivity index (χ0) is 25.3. The second kappa shape index (κ2) is 9.32. The van der Waals surface area contributed by atoms with Crippen LogP contribution in [0.25, 0.3) is 5.65 Å². The van der Waals surface area contributed by atoms with Crippen LogP contribution in [0.3, 0.4) is 0 Å². The molecular formula is C26H31N7O2. The highest BCUT2D eigenvalue weighted by Gasteiger charge is 2.22. The Morgan fingerprint density at radius 1 is 1.11 bits per heavy atom. The van der Waals surface area contributed by atoms with Crippen molar-refractivity contribution in [1.29, 1.82) is 0 Å². The Labute approximate surface area is 204 Å². The van der Waals surface area contributed by atoms with Crippen molar-refractivity contribution in [2.75, 3.05) is 5.32 Å². The summed E-state index contributed by atoms with van der Waals surface area (Å²) in [7, 11) is 0. The fourth-order valence-electron chi connectivity index (χ4n) is 4.05. The number of fused-ring (bicyclic) bond motifs is 1. The summed E-state index contributed by atoms with van der Waals surface area (Å²) in [6.07, 6.45) is 2.17. The van der Waals surface area contributed by atoms with Crippen molar-refractivity contribution in [2.24, 2.45) is 5.73 Å². The molecule has 1 aromatic carbocycles. The summed E-state index contributed by atoms with van der Waals surface area (Å²) in [5, 5.41) is 12.1. The number of anilines is 1. The van der Waals surface area contributed by atoms with Crippen molar-refractivity contribution < 1.29 is 9.59 Å². The SMILES string of the molecule is Cc1nc2c(C(N)=O)cnn2c(C)c1CCC(=O)Nc1cc(C(C)(C)C)nn1Cc1ccccc1. The molecular weight excluding hydrogens is 442 g/mol. The smallest absolute Gasteiger partial charge is 0.254 e. The number of nitrogens with two attached hydrogens (primary N) is 1. The molecule has 0 aliphatic rings. The lowest BCUT2D eigenvalue weighted by molar-refractivity contribution is -0.116. The van der Waals surface area contributed by atoms with Gasteiger partial charge < -0.3 is 11.1 Å². The van der Waals surface area contributed by atoms with Crippen LogP contribution in [0.5, 0.6) is 0 Å². The molecule has 9 nitrogen and oxygen atoms in total. The van der Waals surface area contributed by atoms with Crippen molar-refractivity contribution in [3.8, 4) is 0 Å². The number of aryl methyl sites for hydroxylation is 2. The first-order valence-corrected chi connectivity index (χ1v) is 11.6. The lowest BCUT2D eigenvalue weighted by atomic mass is 9.92. The molecule has 3 heterocycles. The van der Waals surface area contributed by atoms with E-state index in [1.54, 1.807) is 4.52 Å². The van der Waals surface area contributed by atoms with Gasteiger partial charge in [-0.25, -0.2) is 14.2 Å². The molecule has 3 N–H and O–H groups in total. The molecule has 0 atom stereocenters. The highest BCUT2D eigenvalue weighted by atomic mass is 16.2. The Morgan fingerprint density at radius 2 is 1.83 bits per heavy atom. The van der Waals surface area contributed by atoms with Gasteiger partial charge in [0, 0.05) is 29.3 Å². The van der Waals surface area contributed by atoms with E-state index in [0.717, 1.165) is 28.2 Å². The fraction of sp³-hybridized carbons (Fsp3) is 0.346. The number of aromatic nitrogens is 5. The molecule has 182 valence electrons. The quantitative estimate of drug-likeness (QED) is 0.425. The predicted octanol–water partition coefficient (Wildman–Crippen LogP) is 3.56. The largest absolute Gasteiger partial charge is 0.365 e. The van der Waals surface area contributed by atoms with E-state index in [1.807, 2.05) is 54.9 Å². The van der Waals surface area contributed by atoms with Crippen LogP contribution in [-0.2, 0) is 23.2 Å². The maximum Gasteiger partial charge on any atom is 0.254 e. The molecule has 0 bridgehead atoms. The van der Waals surface area contributed by atoms with Crippen LogP contribution in [0, 0.1) is 13.8 Å². The van der Waals surface area contributed by atoms with Crippen LogP contribution in [-0.4, -0.2) is 36.2 Å². The third-order valence-electron chi connectivity index (χ3n) is 6.07. The van der Waals surface area contributed by atoms with Gasteiger partial charge in [0.15, 0.2) is 5.65 Å². The standard InChI is InChI=1S/C26H31N7O2/c1-16-19(17(2)33-25(29-16)20(14-28-33)24(27)35)11-12-23(34)30-22-13-21(26(3,4)5)31-32(22)15-18-9-7-6-8-10-18/h6-10,13-14H,11-12,15H2,1-5H3,(H2,27,35)(H,30,34). The number of hydrogen-bond acceptors (Lipinski definition) is 5. The van der Waals surface area contributed by atoms with E-state index in [1.165, 1.54) is 6.20 Å². The van der Waals surface area contributed by atoms with E-state index >= 15 is 0 Å². The van der Waals surface area contributed by atoms with Crippen LogP contribution < -0.4 is 11.1 Å². The zero-order valence-electron chi connectivity index (χ0n) is 20.8. The predicted molar refractivity (Wildman–Crippen MR) is 134 cm³/mol. The average Bonchev–Trinajstić information content (AvgIpc) is 3.39. The Balaban J connectivity index is 1.53. The maximum atomic E-state index is 13.0. The number of hydrogen-bond donors (Lipinski definition) is 2. The molecule has 0 radical (unpaired) electrons. The summed E-state index contributed by atoms with van der Waals surface area (Å²) in [6, 6.07) is 12.0. The van der Waals surface area contributed by atoms with Crippen molar-refractivity contribution in [3.63, 3.8) is 0 Å². The van der Waals surface area contributed by atoms with Gasteiger partial charge in [0.25, 0.3) is 5.91 Å². The number of carbonyl (C=O) groups excluding carboxylic acids is 2. The molecule has 0 saturated heterocycles. The van der Waals surface area contributed by atoms with Crippen LogP contribution in [0.1, 0.15) is 65.8 Å². The van der Waals surface area contributed by atoms with Gasteiger partial charge in [-0.3, -0.25) is 9.59 Å². The van der Waals surface area contributed by atoms with E-state index in [9.17, 15) is 9.59 Å². The van der Waals surface area contributed by atoms with Gasteiger partial charge in [-0.1, -0.05) is 51.1 Å². The molecule has 9 heteroatoms. The van der Waals surface area contributed by atoms with Crippen LogP contribution in [0.4, 0.5) is 5.82 Å². The molecule has 4 aromatic rings. The Bertz CT molecular complexity index is 1390. The van der Waals surface area contributed by atoms with Crippen LogP contribution >= 0.6 is 0 Å². The lowest BCUT2D eigenvalue weighted by Crippen LogP contribution is -2.18. The summed E-state index contributed by atoms with van der Waals surface area (Å²) >= 11 is 0. The molecule has 35 heavy (non-hydrogen) atoms. The zero-order valence-corrected chi connectivity index (χ0v) is 20.8. The van der Waals surface area contributed by atoms with E-state index in [-0.39, 0.29) is 23.3 Å².